The fourth-order valence-corrected chi connectivity index (χ4v) is 0.787. The standard InChI is InChI=1S/C8H15BrO/c1-2-3-4-5-7-10-8-6-9/h4-5H,2-3,6-8H2,1H3/b5-4+. The zero-order valence-corrected chi connectivity index (χ0v) is 8.06. The Morgan fingerprint density at radius 1 is 1.40 bits per heavy atom. The monoisotopic (exact) mass is 206 g/mol. The Labute approximate surface area is 71.6 Å². The SMILES string of the molecule is CCC/C=C/COCCBr. The van der Waals surface area contributed by atoms with Crippen molar-refractivity contribution < 1.29 is 4.74 Å². The van der Waals surface area contributed by atoms with Crippen molar-refractivity contribution in [3.8, 4) is 0 Å². The van der Waals surface area contributed by atoms with E-state index in [1.165, 1.54) is 6.42 Å². The minimum absolute atomic E-state index is 0.756. The summed E-state index contributed by atoms with van der Waals surface area (Å²) in [4.78, 5) is 0. The number of halogens is 1. The van der Waals surface area contributed by atoms with Crippen molar-refractivity contribution in [1.82, 2.24) is 0 Å². The molecule has 0 aliphatic carbocycles. The van der Waals surface area contributed by atoms with E-state index in [1.54, 1.807) is 0 Å². The lowest BCUT2D eigenvalue weighted by Gasteiger charge is -1.94. The van der Waals surface area contributed by atoms with Crippen LogP contribution in [0.25, 0.3) is 0 Å². The molecule has 0 N–H and O–H groups in total. The molecule has 2 heteroatoms. The maximum absolute atomic E-state index is 5.20. The van der Waals surface area contributed by atoms with E-state index in [1.807, 2.05) is 0 Å². The highest BCUT2D eigenvalue weighted by Crippen LogP contribution is 1.88. The Morgan fingerprint density at radius 3 is 2.80 bits per heavy atom. The van der Waals surface area contributed by atoms with Gasteiger partial charge in [-0.25, -0.2) is 0 Å². The molecule has 0 unspecified atom stereocenters. The molecule has 0 radical (unpaired) electrons. The summed E-state index contributed by atoms with van der Waals surface area (Å²) in [6, 6.07) is 0. The summed E-state index contributed by atoms with van der Waals surface area (Å²) in [5.74, 6) is 0. The molecule has 0 saturated heterocycles. The fourth-order valence-electron chi connectivity index (χ4n) is 0.558. The molecule has 0 fully saturated rings. The van der Waals surface area contributed by atoms with Crippen LogP contribution in [0.4, 0.5) is 0 Å². The van der Waals surface area contributed by atoms with Gasteiger partial charge in [-0.05, 0) is 6.42 Å². The minimum atomic E-state index is 0.756. The molecular formula is C8H15BrO. The zero-order valence-electron chi connectivity index (χ0n) is 6.48. The van der Waals surface area contributed by atoms with Gasteiger partial charge in [0.15, 0.2) is 0 Å². The minimum Gasteiger partial charge on any atom is -0.377 e. The molecule has 0 saturated carbocycles. The van der Waals surface area contributed by atoms with E-state index in [9.17, 15) is 0 Å². The highest BCUT2D eigenvalue weighted by Gasteiger charge is 1.79. The van der Waals surface area contributed by atoms with E-state index < -0.39 is 0 Å². The summed E-state index contributed by atoms with van der Waals surface area (Å²) < 4.78 is 5.20. The fraction of sp³-hybridized carbons (Fsp3) is 0.750. The van der Waals surface area contributed by atoms with Crippen molar-refractivity contribution in [2.24, 2.45) is 0 Å². The van der Waals surface area contributed by atoms with Gasteiger partial charge in [-0.3, -0.25) is 0 Å². The van der Waals surface area contributed by atoms with Gasteiger partial charge >= 0.3 is 0 Å². The van der Waals surface area contributed by atoms with Crippen LogP contribution in [0.3, 0.4) is 0 Å². The van der Waals surface area contributed by atoms with E-state index in [2.05, 4.69) is 35.0 Å². The molecule has 0 bridgehead atoms. The molecule has 1 nitrogen and oxygen atoms in total. The summed E-state index contributed by atoms with van der Waals surface area (Å²) in [5.41, 5.74) is 0. The van der Waals surface area contributed by atoms with Gasteiger partial charge in [0.05, 0.1) is 13.2 Å². The maximum Gasteiger partial charge on any atom is 0.0647 e. The Morgan fingerprint density at radius 2 is 2.20 bits per heavy atom. The van der Waals surface area contributed by atoms with E-state index >= 15 is 0 Å². The first kappa shape index (κ1) is 10.2. The van der Waals surface area contributed by atoms with Crippen LogP contribution in [0.5, 0.6) is 0 Å². The van der Waals surface area contributed by atoms with Crippen LogP contribution in [-0.2, 0) is 4.74 Å². The molecule has 0 atom stereocenters. The van der Waals surface area contributed by atoms with Crippen LogP contribution in [0.15, 0.2) is 12.2 Å². The summed E-state index contributed by atoms with van der Waals surface area (Å²) in [5, 5.41) is 0.925. The number of hydrogen-bond donors (Lipinski definition) is 0. The Bertz CT molecular complexity index is 81.3. The first-order chi connectivity index (χ1) is 4.91. The van der Waals surface area contributed by atoms with Gasteiger partial charge in [-0.1, -0.05) is 41.4 Å². The third-order valence-electron chi connectivity index (χ3n) is 1.06. The van der Waals surface area contributed by atoms with E-state index in [0.29, 0.717) is 0 Å². The van der Waals surface area contributed by atoms with E-state index in [0.717, 1.165) is 25.0 Å². The number of hydrogen-bond acceptors (Lipinski definition) is 1. The number of rotatable bonds is 6. The van der Waals surface area contributed by atoms with Crippen molar-refractivity contribution in [2.45, 2.75) is 19.8 Å². The average molecular weight is 207 g/mol. The Kier molecular flexibility index (Phi) is 9.35. The summed E-state index contributed by atoms with van der Waals surface area (Å²) in [7, 11) is 0. The zero-order chi connectivity index (χ0) is 7.66. The van der Waals surface area contributed by atoms with Crippen LogP contribution in [0, 0.1) is 0 Å². The van der Waals surface area contributed by atoms with Gasteiger partial charge < -0.3 is 4.74 Å². The van der Waals surface area contributed by atoms with Crippen molar-refractivity contribution in [3.05, 3.63) is 12.2 Å². The quantitative estimate of drug-likeness (QED) is 0.369. The topological polar surface area (TPSA) is 9.23 Å². The first-order valence-corrected chi connectivity index (χ1v) is 4.82. The first-order valence-electron chi connectivity index (χ1n) is 3.70. The van der Waals surface area contributed by atoms with Gasteiger partial charge in [0.1, 0.15) is 0 Å². The number of alkyl halides is 1. The van der Waals surface area contributed by atoms with Gasteiger partial charge in [-0.15, -0.1) is 0 Å². The predicted octanol–water partition coefficient (Wildman–Crippen LogP) is 2.75. The van der Waals surface area contributed by atoms with E-state index in [4.69, 9.17) is 4.74 Å². The predicted molar refractivity (Wildman–Crippen MR) is 48.7 cm³/mol. The Balaban J connectivity index is 2.88. The molecule has 0 spiro atoms. The van der Waals surface area contributed by atoms with Gasteiger partial charge in [-0.2, -0.15) is 0 Å². The molecule has 0 aromatic carbocycles. The summed E-state index contributed by atoms with van der Waals surface area (Å²) in [6.45, 7) is 3.73. The van der Waals surface area contributed by atoms with Crippen LogP contribution in [0.1, 0.15) is 19.8 Å². The van der Waals surface area contributed by atoms with E-state index in [-0.39, 0.29) is 0 Å². The highest BCUT2D eigenvalue weighted by atomic mass is 79.9. The number of unbranched alkanes of at least 4 members (excludes halogenated alkanes) is 1. The van der Waals surface area contributed by atoms with Crippen LogP contribution < -0.4 is 0 Å². The second-order valence-electron chi connectivity index (χ2n) is 2.02. The Hall–Kier alpha value is 0.180. The van der Waals surface area contributed by atoms with Crippen molar-refractivity contribution in [1.29, 1.82) is 0 Å². The normalized spacial score (nSPS) is 11.0. The maximum atomic E-state index is 5.20. The molecule has 0 heterocycles. The lowest BCUT2D eigenvalue weighted by molar-refractivity contribution is 0.181. The van der Waals surface area contributed by atoms with Crippen molar-refractivity contribution in [2.75, 3.05) is 18.5 Å². The lowest BCUT2D eigenvalue weighted by atomic mass is 10.3. The van der Waals surface area contributed by atoms with Crippen LogP contribution in [0.2, 0.25) is 0 Å². The second-order valence-corrected chi connectivity index (χ2v) is 2.82. The lowest BCUT2D eigenvalue weighted by Crippen LogP contribution is -1.93. The third-order valence-corrected chi connectivity index (χ3v) is 1.38. The smallest absolute Gasteiger partial charge is 0.0647 e. The summed E-state index contributed by atoms with van der Waals surface area (Å²) in [6.07, 6.45) is 6.62. The highest BCUT2D eigenvalue weighted by molar-refractivity contribution is 9.09. The average Bonchev–Trinajstić information content (AvgIpc) is 1.97. The molecule has 0 aliphatic rings. The number of allylic oxidation sites excluding steroid dienone is 1. The molecule has 60 valence electrons. The largest absolute Gasteiger partial charge is 0.377 e. The third kappa shape index (κ3) is 8.18. The molecule has 0 rings (SSSR count). The second kappa shape index (κ2) is 9.18. The molecule has 0 amide bonds. The van der Waals surface area contributed by atoms with Crippen molar-refractivity contribution in [3.63, 3.8) is 0 Å². The molecule has 10 heavy (non-hydrogen) atoms. The molecule has 0 aliphatic heterocycles. The summed E-state index contributed by atoms with van der Waals surface area (Å²) >= 11 is 3.28. The van der Waals surface area contributed by atoms with Crippen molar-refractivity contribution >= 4 is 15.9 Å². The molecule has 0 aromatic rings. The van der Waals surface area contributed by atoms with Gasteiger partial charge in [0.25, 0.3) is 0 Å². The van der Waals surface area contributed by atoms with Crippen LogP contribution in [-0.4, -0.2) is 18.5 Å². The van der Waals surface area contributed by atoms with Crippen LogP contribution >= 0.6 is 15.9 Å². The molecule has 0 aromatic heterocycles. The molecular weight excluding hydrogens is 192 g/mol. The van der Waals surface area contributed by atoms with Gasteiger partial charge in [0.2, 0.25) is 0 Å². The van der Waals surface area contributed by atoms with Gasteiger partial charge in [0, 0.05) is 5.33 Å². The number of ether oxygens (including phenoxy) is 1.